The normalized spacial score (nSPS) is 11.2. The largest absolute Gasteiger partial charge is 0.416 e. The predicted molar refractivity (Wildman–Crippen MR) is 64.0 cm³/mol. The molecule has 2 rings (SSSR count). The summed E-state index contributed by atoms with van der Waals surface area (Å²) >= 11 is 0. The van der Waals surface area contributed by atoms with Crippen LogP contribution in [0.4, 0.5) is 17.6 Å². The molecular formula is C14H8F4N2. The van der Waals surface area contributed by atoms with Crippen molar-refractivity contribution in [3.63, 3.8) is 0 Å². The zero-order valence-electron chi connectivity index (χ0n) is 10.1. The van der Waals surface area contributed by atoms with E-state index in [-0.39, 0.29) is 12.1 Å². The second kappa shape index (κ2) is 5.29. The summed E-state index contributed by atoms with van der Waals surface area (Å²) in [7, 11) is 0. The number of halogens is 4. The first-order valence-corrected chi connectivity index (χ1v) is 5.62. The van der Waals surface area contributed by atoms with Gasteiger partial charge in [-0.1, -0.05) is 18.2 Å². The Bertz CT molecular complexity index is 654. The molecule has 2 nitrogen and oxygen atoms in total. The summed E-state index contributed by atoms with van der Waals surface area (Å²) in [5.41, 5.74) is 0.191. The summed E-state index contributed by atoms with van der Waals surface area (Å²) in [6.07, 6.45) is -4.42. The molecule has 102 valence electrons. The van der Waals surface area contributed by atoms with Crippen LogP contribution in [0.5, 0.6) is 0 Å². The van der Waals surface area contributed by atoms with E-state index < -0.39 is 17.7 Å². The standard InChI is InChI=1S/C14H8F4N2/c15-12-6-3-10(7-8-19)13(20-12)9-1-4-11(5-2-9)14(16,17)18/h1-6H,7H2. The summed E-state index contributed by atoms with van der Waals surface area (Å²) in [6.45, 7) is 0. The van der Waals surface area contributed by atoms with Crippen LogP contribution in [0.25, 0.3) is 11.3 Å². The zero-order chi connectivity index (χ0) is 14.8. The minimum absolute atomic E-state index is 0.00361. The lowest BCUT2D eigenvalue weighted by Gasteiger charge is -2.09. The Balaban J connectivity index is 2.46. The monoisotopic (exact) mass is 280 g/mol. The van der Waals surface area contributed by atoms with E-state index in [0.717, 1.165) is 18.2 Å². The van der Waals surface area contributed by atoms with E-state index in [1.807, 2.05) is 6.07 Å². The smallest absolute Gasteiger partial charge is 0.219 e. The maximum Gasteiger partial charge on any atom is 0.416 e. The Hall–Kier alpha value is -2.42. The van der Waals surface area contributed by atoms with Crippen molar-refractivity contribution in [3.05, 3.63) is 53.5 Å². The molecule has 20 heavy (non-hydrogen) atoms. The Morgan fingerprint density at radius 3 is 2.25 bits per heavy atom. The second-order valence-corrected chi connectivity index (χ2v) is 4.05. The molecule has 0 N–H and O–H groups in total. The minimum atomic E-state index is -4.43. The highest BCUT2D eigenvalue weighted by molar-refractivity contribution is 5.63. The van der Waals surface area contributed by atoms with Gasteiger partial charge in [0.1, 0.15) is 0 Å². The molecule has 1 aromatic heterocycles. The molecule has 0 radical (unpaired) electrons. The highest BCUT2D eigenvalue weighted by atomic mass is 19.4. The van der Waals surface area contributed by atoms with Crippen LogP contribution < -0.4 is 0 Å². The summed E-state index contributed by atoms with van der Waals surface area (Å²) < 4.78 is 50.6. The van der Waals surface area contributed by atoms with Gasteiger partial charge in [-0.3, -0.25) is 0 Å². The Kier molecular flexibility index (Phi) is 3.70. The molecule has 2 aromatic rings. The van der Waals surface area contributed by atoms with Crippen molar-refractivity contribution in [1.29, 1.82) is 5.26 Å². The number of rotatable bonds is 2. The van der Waals surface area contributed by atoms with E-state index in [1.165, 1.54) is 18.2 Å². The van der Waals surface area contributed by atoms with Gasteiger partial charge >= 0.3 is 6.18 Å². The fraction of sp³-hybridized carbons (Fsp3) is 0.143. The SMILES string of the molecule is N#CCc1ccc(F)nc1-c1ccc(C(F)(F)F)cc1. The number of hydrogen-bond acceptors (Lipinski definition) is 2. The van der Waals surface area contributed by atoms with Crippen molar-refractivity contribution in [3.8, 4) is 17.3 Å². The van der Waals surface area contributed by atoms with Crippen LogP contribution in [-0.4, -0.2) is 4.98 Å². The molecular weight excluding hydrogens is 272 g/mol. The minimum Gasteiger partial charge on any atom is -0.219 e. The van der Waals surface area contributed by atoms with Crippen LogP contribution in [0, 0.1) is 17.3 Å². The van der Waals surface area contributed by atoms with E-state index in [4.69, 9.17) is 5.26 Å². The third-order valence-corrected chi connectivity index (χ3v) is 2.70. The number of alkyl halides is 3. The van der Waals surface area contributed by atoms with E-state index >= 15 is 0 Å². The van der Waals surface area contributed by atoms with Crippen molar-refractivity contribution in [2.45, 2.75) is 12.6 Å². The molecule has 0 atom stereocenters. The molecule has 0 unspecified atom stereocenters. The van der Waals surface area contributed by atoms with Gasteiger partial charge in [0.25, 0.3) is 0 Å². The Morgan fingerprint density at radius 2 is 1.70 bits per heavy atom. The second-order valence-electron chi connectivity index (χ2n) is 4.05. The van der Waals surface area contributed by atoms with Gasteiger partial charge < -0.3 is 0 Å². The van der Waals surface area contributed by atoms with Crippen LogP contribution in [0.2, 0.25) is 0 Å². The average Bonchev–Trinajstić information content (AvgIpc) is 2.40. The molecule has 1 heterocycles. The van der Waals surface area contributed by atoms with Crippen LogP contribution in [0.3, 0.4) is 0 Å². The first-order chi connectivity index (χ1) is 9.41. The lowest BCUT2D eigenvalue weighted by molar-refractivity contribution is -0.137. The van der Waals surface area contributed by atoms with Gasteiger partial charge in [-0.25, -0.2) is 4.98 Å². The summed E-state index contributed by atoms with van der Waals surface area (Å²) in [4.78, 5) is 3.65. The van der Waals surface area contributed by atoms with Gasteiger partial charge in [0.05, 0.1) is 23.7 Å². The lowest BCUT2D eigenvalue weighted by Crippen LogP contribution is -2.04. The van der Waals surface area contributed by atoms with E-state index in [0.29, 0.717) is 11.1 Å². The fourth-order valence-electron chi connectivity index (χ4n) is 1.76. The molecule has 0 amide bonds. The first-order valence-electron chi connectivity index (χ1n) is 5.62. The number of nitriles is 1. The first kappa shape index (κ1) is 14.0. The number of benzene rings is 1. The molecule has 0 aliphatic heterocycles. The van der Waals surface area contributed by atoms with Crippen LogP contribution in [0.15, 0.2) is 36.4 Å². The van der Waals surface area contributed by atoms with Crippen molar-refractivity contribution >= 4 is 0 Å². The van der Waals surface area contributed by atoms with Gasteiger partial charge in [-0.15, -0.1) is 0 Å². The molecule has 0 saturated heterocycles. The molecule has 0 bridgehead atoms. The molecule has 0 fully saturated rings. The molecule has 0 saturated carbocycles. The van der Waals surface area contributed by atoms with Gasteiger partial charge in [-0.05, 0) is 23.8 Å². The van der Waals surface area contributed by atoms with Gasteiger partial charge in [-0.2, -0.15) is 22.8 Å². The van der Waals surface area contributed by atoms with Crippen LogP contribution in [0.1, 0.15) is 11.1 Å². The Labute approximate surface area is 112 Å². The van der Waals surface area contributed by atoms with E-state index in [1.54, 1.807) is 0 Å². The highest BCUT2D eigenvalue weighted by Gasteiger charge is 2.30. The van der Waals surface area contributed by atoms with Gasteiger partial charge in [0, 0.05) is 5.56 Å². The van der Waals surface area contributed by atoms with Crippen LogP contribution in [-0.2, 0) is 12.6 Å². The topological polar surface area (TPSA) is 36.7 Å². The third kappa shape index (κ3) is 2.94. The van der Waals surface area contributed by atoms with E-state index in [2.05, 4.69) is 4.98 Å². The van der Waals surface area contributed by atoms with Crippen LogP contribution >= 0.6 is 0 Å². The van der Waals surface area contributed by atoms with Gasteiger partial charge in [0.2, 0.25) is 5.95 Å². The van der Waals surface area contributed by atoms with Crippen molar-refractivity contribution in [2.24, 2.45) is 0 Å². The maximum atomic E-state index is 13.2. The quantitative estimate of drug-likeness (QED) is 0.616. The van der Waals surface area contributed by atoms with Crippen molar-refractivity contribution < 1.29 is 17.6 Å². The molecule has 0 aliphatic rings. The Morgan fingerprint density at radius 1 is 1.05 bits per heavy atom. The van der Waals surface area contributed by atoms with Crippen molar-refractivity contribution in [2.75, 3.05) is 0 Å². The van der Waals surface area contributed by atoms with E-state index in [9.17, 15) is 17.6 Å². The van der Waals surface area contributed by atoms with Gasteiger partial charge in [0.15, 0.2) is 0 Å². The highest BCUT2D eigenvalue weighted by Crippen LogP contribution is 2.31. The maximum absolute atomic E-state index is 13.2. The number of pyridine rings is 1. The van der Waals surface area contributed by atoms with Crippen molar-refractivity contribution in [1.82, 2.24) is 4.98 Å². The molecule has 6 heteroatoms. The third-order valence-electron chi connectivity index (χ3n) is 2.70. The fourth-order valence-corrected chi connectivity index (χ4v) is 1.76. The average molecular weight is 280 g/mol. The number of nitrogens with zero attached hydrogens (tertiary/aromatic N) is 2. The number of aromatic nitrogens is 1. The predicted octanol–water partition coefficient (Wildman–Crippen LogP) is 3.97. The zero-order valence-corrected chi connectivity index (χ0v) is 10.1. The molecule has 0 aliphatic carbocycles. The molecule has 0 spiro atoms. The number of hydrogen-bond donors (Lipinski definition) is 0. The molecule has 1 aromatic carbocycles. The summed E-state index contributed by atoms with van der Waals surface area (Å²) in [5, 5.41) is 8.69. The summed E-state index contributed by atoms with van der Waals surface area (Å²) in [6, 6.07) is 8.65. The summed E-state index contributed by atoms with van der Waals surface area (Å²) in [5.74, 6) is -0.749. The lowest BCUT2D eigenvalue weighted by atomic mass is 10.0.